The summed E-state index contributed by atoms with van der Waals surface area (Å²) in [6, 6.07) is 29.4. The number of halogens is 1. The molecular formula is C29H30ClN3O3. The number of benzene rings is 3. The average Bonchev–Trinajstić information content (AvgIpc) is 3.48. The van der Waals surface area contributed by atoms with Gasteiger partial charge in [0.25, 0.3) is 11.7 Å². The zero-order valence-electron chi connectivity index (χ0n) is 20.1. The number of carbonyl (C=O) groups is 1. The molecule has 0 unspecified atom stereocenters. The minimum absolute atomic E-state index is 0.162. The highest BCUT2D eigenvalue weighted by Gasteiger charge is 2.58. The molecule has 0 aliphatic carbocycles. The van der Waals surface area contributed by atoms with Gasteiger partial charge in [-0.15, -0.1) is 11.6 Å². The first-order valence-electron chi connectivity index (χ1n) is 12.5. The Morgan fingerprint density at radius 3 is 2.08 bits per heavy atom. The number of hydrogen-bond donors (Lipinski definition) is 0. The molecule has 36 heavy (non-hydrogen) atoms. The minimum atomic E-state index is -1.37. The summed E-state index contributed by atoms with van der Waals surface area (Å²) in [6.07, 6.45) is -0.292. The van der Waals surface area contributed by atoms with Crippen molar-refractivity contribution in [3.8, 4) is 0 Å². The predicted molar refractivity (Wildman–Crippen MR) is 140 cm³/mol. The molecule has 1 spiro atoms. The number of alkyl halides is 1. The first-order chi connectivity index (χ1) is 17.7. The molecule has 0 bridgehead atoms. The summed E-state index contributed by atoms with van der Waals surface area (Å²) in [5.41, 5.74) is 4.22. The Bertz CT molecular complexity index is 1160. The lowest BCUT2D eigenvalue weighted by molar-refractivity contribution is -0.185. The van der Waals surface area contributed by atoms with Crippen molar-refractivity contribution in [3.05, 3.63) is 102 Å². The van der Waals surface area contributed by atoms with E-state index in [0.29, 0.717) is 19.2 Å². The third-order valence-electron chi connectivity index (χ3n) is 7.40. The zero-order chi connectivity index (χ0) is 24.5. The van der Waals surface area contributed by atoms with Crippen molar-refractivity contribution in [1.29, 1.82) is 0 Å². The molecule has 3 aromatic rings. The Labute approximate surface area is 217 Å². The van der Waals surface area contributed by atoms with Gasteiger partial charge in [-0.05, 0) is 17.2 Å². The first-order valence-corrected chi connectivity index (χ1v) is 13.1. The predicted octanol–water partition coefficient (Wildman–Crippen LogP) is 4.20. The van der Waals surface area contributed by atoms with Crippen molar-refractivity contribution in [2.75, 3.05) is 50.2 Å². The van der Waals surface area contributed by atoms with Crippen LogP contribution in [0.3, 0.4) is 0 Å². The number of piperazine rings is 1. The van der Waals surface area contributed by atoms with Gasteiger partial charge in [0, 0.05) is 31.7 Å². The van der Waals surface area contributed by atoms with Crippen LogP contribution < -0.4 is 4.90 Å². The molecule has 2 fully saturated rings. The maximum Gasteiger partial charge on any atom is 0.293 e. The third kappa shape index (κ3) is 4.13. The van der Waals surface area contributed by atoms with Crippen LogP contribution in [-0.4, -0.2) is 67.1 Å². The lowest BCUT2D eigenvalue weighted by Gasteiger charge is -2.41. The molecule has 2 saturated heterocycles. The SMILES string of the molecule is O=C1N(CN2CCN(C(c3ccccc3)c3ccccc3)CC2)c2ccccc2[C@@]12OC[C@H](CCl)O2. The van der Waals surface area contributed by atoms with Crippen molar-refractivity contribution in [2.24, 2.45) is 0 Å². The number of fused-ring (bicyclic) bond motifs is 2. The van der Waals surface area contributed by atoms with E-state index in [4.69, 9.17) is 21.1 Å². The summed E-state index contributed by atoms with van der Waals surface area (Å²) in [6.45, 7) is 4.36. The molecule has 3 aromatic carbocycles. The van der Waals surface area contributed by atoms with E-state index in [1.54, 1.807) is 0 Å². The number of nitrogens with zero attached hydrogens (tertiary/aromatic N) is 3. The van der Waals surface area contributed by atoms with Gasteiger partial charge in [0.2, 0.25) is 0 Å². The van der Waals surface area contributed by atoms with E-state index in [1.165, 1.54) is 11.1 Å². The molecule has 0 N–H and O–H groups in total. The van der Waals surface area contributed by atoms with Crippen LogP contribution in [-0.2, 0) is 20.1 Å². The minimum Gasteiger partial charge on any atom is -0.336 e. The molecule has 7 heteroatoms. The number of carbonyl (C=O) groups excluding carboxylic acids is 1. The van der Waals surface area contributed by atoms with E-state index >= 15 is 0 Å². The van der Waals surface area contributed by atoms with Crippen LogP contribution in [0.2, 0.25) is 0 Å². The monoisotopic (exact) mass is 503 g/mol. The second-order valence-electron chi connectivity index (χ2n) is 9.59. The van der Waals surface area contributed by atoms with Gasteiger partial charge in [-0.2, -0.15) is 0 Å². The topological polar surface area (TPSA) is 45.3 Å². The first kappa shape index (κ1) is 23.6. The summed E-state index contributed by atoms with van der Waals surface area (Å²) in [5.74, 6) is -1.24. The Morgan fingerprint density at radius 2 is 1.47 bits per heavy atom. The van der Waals surface area contributed by atoms with E-state index in [1.807, 2.05) is 29.2 Å². The number of ether oxygens (including phenoxy) is 2. The van der Waals surface area contributed by atoms with E-state index in [-0.39, 0.29) is 18.1 Å². The van der Waals surface area contributed by atoms with Gasteiger partial charge in [0.05, 0.1) is 37.0 Å². The molecule has 2 atom stereocenters. The molecule has 0 radical (unpaired) electrons. The molecule has 3 aliphatic rings. The van der Waals surface area contributed by atoms with Gasteiger partial charge in [0.15, 0.2) is 0 Å². The Morgan fingerprint density at radius 1 is 0.861 bits per heavy atom. The van der Waals surface area contributed by atoms with E-state index in [0.717, 1.165) is 37.4 Å². The van der Waals surface area contributed by atoms with E-state index in [9.17, 15) is 4.79 Å². The maximum atomic E-state index is 13.7. The van der Waals surface area contributed by atoms with Gasteiger partial charge >= 0.3 is 0 Å². The van der Waals surface area contributed by atoms with Crippen LogP contribution in [0.4, 0.5) is 5.69 Å². The van der Waals surface area contributed by atoms with Crippen LogP contribution in [0.15, 0.2) is 84.9 Å². The van der Waals surface area contributed by atoms with Gasteiger partial charge in [0.1, 0.15) is 0 Å². The van der Waals surface area contributed by atoms with Gasteiger partial charge in [-0.3, -0.25) is 19.5 Å². The number of anilines is 1. The lowest BCUT2D eigenvalue weighted by atomic mass is 9.96. The van der Waals surface area contributed by atoms with Crippen molar-refractivity contribution >= 4 is 23.2 Å². The number of rotatable bonds is 6. The molecule has 6 rings (SSSR count). The van der Waals surface area contributed by atoms with Crippen molar-refractivity contribution in [3.63, 3.8) is 0 Å². The van der Waals surface area contributed by atoms with Gasteiger partial charge in [-0.1, -0.05) is 78.9 Å². The fourth-order valence-corrected chi connectivity index (χ4v) is 5.77. The van der Waals surface area contributed by atoms with E-state index in [2.05, 4.69) is 70.5 Å². The van der Waals surface area contributed by atoms with Gasteiger partial charge in [-0.25, -0.2) is 0 Å². The average molecular weight is 504 g/mol. The zero-order valence-corrected chi connectivity index (χ0v) is 20.9. The molecule has 3 heterocycles. The molecule has 0 aromatic heterocycles. The third-order valence-corrected chi connectivity index (χ3v) is 7.74. The van der Waals surface area contributed by atoms with Crippen molar-refractivity contribution in [1.82, 2.24) is 9.80 Å². The van der Waals surface area contributed by atoms with Crippen LogP contribution in [0.1, 0.15) is 22.7 Å². The van der Waals surface area contributed by atoms with E-state index < -0.39 is 5.79 Å². The summed E-state index contributed by atoms with van der Waals surface area (Å²) < 4.78 is 12.1. The molecule has 186 valence electrons. The number of para-hydroxylation sites is 1. The largest absolute Gasteiger partial charge is 0.336 e. The standard InChI is InChI=1S/C29H30ClN3O3/c30-19-24-20-35-29(36-24)25-13-7-8-14-26(25)33(28(29)34)21-31-15-17-32(18-16-31)27(22-9-3-1-4-10-22)23-11-5-2-6-12-23/h1-14,24,27H,15-21H2/t24-,29-/m0/s1. The molecule has 3 aliphatic heterocycles. The smallest absolute Gasteiger partial charge is 0.293 e. The molecule has 6 nitrogen and oxygen atoms in total. The number of amides is 1. The van der Waals surface area contributed by atoms with Crippen LogP contribution in [0.5, 0.6) is 0 Å². The van der Waals surface area contributed by atoms with Gasteiger partial charge < -0.3 is 9.47 Å². The summed E-state index contributed by atoms with van der Waals surface area (Å²) in [7, 11) is 0. The highest BCUT2D eigenvalue weighted by molar-refractivity contribution is 6.18. The fraction of sp³-hybridized carbons (Fsp3) is 0.345. The van der Waals surface area contributed by atoms with Crippen LogP contribution in [0.25, 0.3) is 0 Å². The van der Waals surface area contributed by atoms with Crippen molar-refractivity contribution < 1.29 is 14.3 Å². The van der Waals surface area contributed by atoms with Crippen LogP contribution in [0, 0.1) is 0 Å². The van der Waals surface area contributed by atoms with Crippen LogP contribution >= 0.6 is 11.6 Å². The number of hydrogen-bond acceptors (Lipinski definition) is 5. The summed E-state index contributed by atoms with van der Waals surface area (Å²) >= 11 is 6.02. The molecule has 0 saturated carbocycles. The lowest BCUT2D eigenvalue weighted by Crippen LogP contribution is -2.53. The van der Waals surface area contributed by atoms with Crippen molar-refractivity contribution in [2.45, 2.75) is 17.9 Å². The Balaban J connectivity index is 1.18. The Kier molecular flexibility index (Phi) is 6.54. The quantitative estimate of drug-likeness (QED) is 0.472. The Hall–Kier alpha value is -2.74. The second-order valence-corrected chi connectivity index (χ2v) is 9.90. The summed E-state index contributed by atoms with van der Waals surface area (Å²) in [4.78, 5) is 20.3. The highest BCUT2D eigenvalue weighted by Crippen LogP contribution is 2.47. The fourth-order valence-electron chi connectivity index (χ4n) is 5.62. The summed E-state index contributed by atoms with van der Waals surface area (Å²) in [5, 5.41) is 0. The maximum absolute atomic E-state index is 13.7. The highest BCUT2D eigenvalue weighted by atomic mass is 35.5. The molecular weight excluding hydrogens is 474 g/mol. The second kappa shape index (κ2) is 9.96. The molecule has 1 amide bonds. The normalized spacial score (nSPS) is 24.7.